The molecule has 0 radical (unpaired) electrons. The second-order valence-electron chi connectivity index (χ2n) is 8.26. The SMILES string of the molecule is CCN(CCCNC(=O)c1cc2c(=O)n(C)c3ccccc3c2n1C)c1cccc(C)c1. The first kappa shape index (κ1) is 21.7. The number of aromatic nitrogens is 2. The number of rotatable bonds is 7. The zero-order valence-electron chi connectivity index (χ0n) is 19.2. The first-order valence-corrected chi connectivity index (χ1v) is 11.1. The molecule has 0 saturated heterocycles. The summed E-state index contributed by atoms with van der Waals surface area (Å²) in [6, 6.07) is 18.0. The molecule has 2 aromatic heterocycles. The minimum absolute atomic E-state index is 0.0925. The number of para-hydroxylation sites is 1. The Kier molecular flexibility index (Phi) is 6.04. The molecule has 1 N–H and O–H groups in total. The molecule has 0 unspecified atom stereocenters. The summed E-state index contributed by atoms with van der Waals surface area (Å²) in [4.78, 5) is 28.1. The van der Waals surface area contributed by atoms with Gasteiger partial charge in [0.2, 0.25) is 0 Å². The quantitative estimate of drug-likeness (QED) is 0.451. The molecule has 2 heterocycles. The molecule has 166 valence electrons. The van der Waals surface area contributed by atoms with Crippen molar-refractivity contribution in [1.29, 1.82) is 0 Å². The van der Waals surface area contributed by atoms with Crippen molar-refractivity contribution in [2.75, 3.05) is 24.5 Å². The van der Waals surface area contributed by atoms with E-state index in [0.717, 1.165) is 35.9 Å². The summed E-state index contributed by atoms with van der Waals surface area (Å²) in [6.07, 6.45) is 0.835. The van der Waals surface area contributed by atoms with Crippen LogP contribution >= 0.6 is 0 Å². The largest absolute Gasteiger partial charge is 0.372 e. The van der Waals surface area contributed by atoms with Crippen LogP contribution in [0.4, 0.5) is 5.69 Å². The molecule has 0 bridgehead atoms. The van der Waals surface area contributed by atoms with Crippen LogP contribution in [0.1, 0.15) is 29.4 Å². The number of hydrogen-bond acceptors (Lipinski definition) is 3. The van der Waals surface area contributed by atoms with E-state index in [1.54, 1.807) is 17.7 Å². The van der Waals surface area contributed by atoms with Gasteiger partial charge in [-0.25, -0.2) is 0 Å². The Morgan fingerprint density at radius 3 is 2.53 bits per heavy atom. The predicted octanol–water partition coefficient (Wildman–Crippen LogP) is 3.99. The summed E-state index contributed by atoms with van der Waals surface area (Å²) >= 11 is 0. The minimum atomic E-state index is -0.159. The first-order chi connectivity index (χ1) is 15.4. The lowest BCUT2D eigenvalue weighted by atomic mass is 10.1. The fourth-order valence-electron chi connectivity index (χ4n) is 4.42. The topological polar surface area (TPSA) is 59.3 Å². The van der Waals surface area contributed by atoms with E-state index in [2.05, 4.69) is 48.3 Å². The Labute approximate surface area is 188 Å². The molecule has 4 aromatic rings. The Morgan fingerprint density at radius 1 is 1.00 bits per heavy atom. The molecule has 6 heteroatoms. The van der Waals surface area contributed by atoms with Crippen molar-refractivity contribution >= 4 is 33.4 Å². The van der Waals surface area contributed by atoms with Gasteiger partial charge in [-0.1, -0.05) is 30.3 Å². The average Bonchev–Trinajstić information content (AvgIpc) is 3.15. The van der Waals surface area contributed by atoms with Gasteiger partial charge in [-0.15, -0.1) is 0 Å². The second kappa shape index (κ2) is 8.91. The average molecular weight is 431 g/mol. The van der Waals surface area contributed by atoms with Gasteiger partial charge in [-0.2, -0.15) is 0 Å². The maximum absolute atomic E-state index is 12.9. The number of fused-ring (bicyclic) bond motifs is 3. The maximum Gasteiger partial charge on any atom is 0.267 e. The van der Waals surface area contributed by atoms with Gasteiger partial charge in [0.15, 0.2) is 0 Å². The molecule has 1 amide bonds. The standard InChI is InChI=1S/C26H30N4O2/c1-5-30(19-11-8-10-18(2)16-19)15-9-14-27-25(31)23-17-21-24(28(23)3)20-12-6-7-13-22(20)29(4)26(21)32/h6-8,10-13,16-17H,5,9,14-15H2,1-4H3,(H,27,31). The van der Waals surface area contributed by atoms with Crippen LogP contribution in [-0.2, 0) is 14.1 Å². The van der Waals surface area contributed by atoms with E-state index in [0.29, 0.717) is 17.6 Å². The number of nitrogens with zero attached hydrogens (tertiary/aromatic N) is 3. The number of amides is 1. The van der Waals surface area contributed by atoms with E-state index in [4.69, 9.17) is 0 Å². The number of carbonyl (C=O) groups excluding carboxylic acids is 1. The van der Waals surface area contributed by atoms with Crippen molar-refractivity contribution in [3.05, 3.63) is 76.2 Å². The van der Waals surface area contributed by atoms with E-state index < -0.39 is 0 Å². The number of hydrogen-bond donors (Lipinski definition) is 1. The van der Waals surface area contributed by atoms with Crippen LogP contribution in [0.25, 0.3) is 21.8 Å². The van der Waals surface area contributed by atoms with Gasteiger partial charge in [-0.3, -0.25) is 9.59 Å². The van der Waals surface area contributed by atoms with E-state index in [-0.39, 0.29) is 11.5 Å². The lowest BCUT2D eigenvalue weighted by molar-refractivity contribution is 0.0945. The fourth-order valence-corrected chi connectivity index (χ4v) is 4.42. The van der Waals surface area contributed by atoms with Gasteiger partial charge >= 0.3 is 0 Å². The lowest BCUT2D eigenvalue weighted by Crippen LogP contribution is -2.30. The number of nitrogens with one attached hydrogen (secondary N) is 1. The van der Waals surface area contributed by atoms with Crippen LogP contribution in [0, 0.1) is 6.92 Å². The molecule has 4 rings (SSSR count). The number of anilines is 1. The Hall–Kier alpha value is -3.54. The molecule has 0 saturated carbocycles. The highest BCUT2D eigenvalue weighted by atomic mass is 16.2. The Balaban J connectivity index is 1.50. The van der Waals surface area contributed by atoms with Gasteiger partial charge < -0.3 is 19.4 Å². The third-order valence-electron chi connectivity index (χ3n) is 6.16. The summed E-state index contributed by atoms with van der Waals surface area (Å²) in [5.41, 5.74) is 4.50. The van der Waals surface area contributed by atoms with E-state index in [1.165, 1.54) is 11.3 Å². The lowest BCUT2D eigenvalue weighted by Gasteiger charge is -2.23. The Morgan fingerprint density at radius 2 is 1.78 bits per heavy atom. The normalized spacial score (nSPS) is 11.2. The molecular formula is C26H30N4O2. The molecule has 0 aliphatic heterocycles. The molecule has 0 aliphatic carbocycles. The van der Waals surface area contributed by atoms with Crippen molar-refractivity contribution in [1.82, 2.24) is 14.5 Å². The van der Waals surface area contributed by atoms with Crippen molar-refractivity contribution in [3.63, 3.8) is 0 Å². The third-order valence-corrected chi connectivity index (χ3v) is 6.16. The van der Waals surface area contributed by atoms with Crippen LogP contribution in [0.15, 0.2) is 59.4 Å². The summed E-state index contributed by atoms with van der Waals surface area (Å²) in [6.45, 7) is 6.58. The molecule has 0 spiro atoms. The van der Waals surface area contributed by atoms with Gasteiger partial charge in [0.05, 0.1) is 16.4 Å². The molecule has 2 aromatic carbocycles. The molecule has 0 atom stereocenters. The maximum atomic E-state index is 12.9. The van der Waals surface area contributed by atoms with Crippen LogP contribution in [0.2, 0.25) is 0 Å². The van der Waals surface area contributed by atoms with Crippen molar-refractivity contribution in [2.45, 2.75) is 20.3 Å². The summed E-state index contributed by atoms with van der Waals surface area (Å²) < 4.78 is 3.48. The fraction of sp³-hybridized carbons (Fsp3) is 0.308. The minimum Gasteiger partial charge on any atom is -0.372 e. The zero-order chi connectivity index (χ0) is 22.8. The number of aryl methyl sites for hydroxylation is 3. The first-order valence-electron chi connectivity index (χ1n) is 11.1. The Bertz CT molecular complexity index is 1350. The molecule has 32 heavy (non-hydrogen) atoms. The third kappa shape index (κ3) is 3.88. The van der Waals surface area contributed by atoms with Crippen LogP contribution in [0.5, 0.6) is 0 Å². The number of carbonyl (C=O) groups is 1. The second-order valence-corrected chi connectivity index (χ2v) is 8.26. The van der Waals surface area contributed by atoms with Crippen LogP contribution in [0.3, 0.4) is 0 Å². The van der Waals surface area contributed by atoms with Crippen molar-refractivity contribution in [2.24, 2.45) is 14.1 Å². The molecule has 0 fully saturated rings. The van der Waals surface area contributed by atoms with Gasteiger partial charge in [0, 0.05) is 44.8 Å². The highest BCUT2D eigenvalue weighted by molar-refractivity contribution is 6.08. The highest BCUT2D eigenvalue weighted by Crippen LogP contribution is 2.25. The highest BCUT2D eigenvalue weighted by Gasteiger charge is 2.18. The van der Waals surface area contributed by atoms with E-state index in [9.17, 15) is 9.59 Å². The summed E-state index contributed by atoms with van der Waals surface area (Å²) in [5.74, 6) is -0.159. The van der Waals surface area contributed by atoms with Crippen molar-refractivity contribution < 1.29 is 4.79 Å². The van der Waals surface area contributed by atoms with E-state index >= 15 is 0 Å². The summed E-state index contributed by atoms with van der Waals surface area (Å²) in [7, 11) is 3.62. The van der Waals surface area contributed by atoms with Crippen LogP contribution in [-0.4, -0.2) is 34.7 Å². The monoisotopic (exact) mass is 430 g/mol. The number of benzene rings is 2. The van der Waals surface area contributed by atoms with Gasteiger partial charge in [-0.05, 0) is 50.1 Å². The number of pyridine rings is 1. The van der Waals surface area contributed by atoms with Crippen molar-refractivity contribution in [3.8, 4) is 0 Å². The molecule has 6 nitrogen and oxygen atoms in total. The predicted molar refractivity (Wildman–Crippen MR) is 132 cm³/mol. The molecule has 0 aliphatic rings. The van der Waals surface area contributed by atoms with Gasteiger partial charge in [0.25, 0.3) is 11.5 Å². The smallest absolute Gasteiger partial charge is 0.267 e. The van der Waals surface area contributed by atoms with Gasteiger partial charge in [0.1, 0.15) is 5.69 Å². The zero-order valence-corrected chi connectivity index (χ0v) is 19.2. The van der Waals surface area contributed by atoms with Crippen LogP contribution < -0.4 is 15.8 Å². The van der Waals surface area contributed by atoms with E-state index in [1.807, 2.05) is 35.9 Å². The molecular weight excluding hydrogens is 400 g/mol. The summed E-state index contributed by atoms with van der Waals surface area (Å²) in [5, 5.41) is 4.56.